The van der Waals surface area contributed by atoms with Crippen LogP contribution in [-0.2, 0) is 18.4 Å². The second kappa shape index (κ2) is 6.10. The molecule has 1 heterocycles. The molecule has 6 nitrogen and oxygen atoms in total. The molecule has 20 heavy (non-hydrogen) atoms. The Hall–Kier alpha value is -2.50. The molecule has 2 aromatic rings. The quantitative estimate of drug-likeness (QED) is 0.839. The minimum Gasteiger partial charge on any atom is -0.481 e. The van der Waals surface area contributed by atoms with Crippen LogP contribution in [0.3, 0.4) is 0 Å². The van der Waals surface area contributed by atoms with Gasteiger partial charge in [-0.05, 0) is 12.5 Å². The first-order valence-corrected chi connectivity index (χ1v) is 6.26. The molecule has 0 atom stereocenters. The standard InChI is InChI=1S/C14H16N2O4/c1-3-19-14(18)11-12(13(17)16(2)15-11)20-9-10-7-5-4-6-8-10/h4-8,15H,3,9H2,1-2H3. The number of H-pyrrole nitrogens is 1. The molecule has 0 radical (unpaired) electrons. The average Bonchev–Trinajstić information content (AvgIpc) is 2.74. The van der Waals surface area contributed by atoms with Crippen LogP contribution in [0.4, 0.5) is 0 Å². The van der Waals surface area contributed by atoms with Crippen LogP contribution in [0.2, 0.25) is 0 Å². The molecule has 1 N–H and O–H groups in total. The highest BCUT2D eigenvalue weighted by atomic mass is 16.5. The Morgan fingerprint density at radius 1 is 1.30 bits per heavy atom. The Kier molecular flexibility index (Phi) is 4.24. The third-order valence-electron chi connectivity index (χ3n) is 2.71. The van der Waals surface area contributed by atoms with E-state index in [9.17, 15) is 9.59 Å². The van der Waals surface area contributed by atoms with E-state index in [2.05, 4.69) is 5.10 Å². The summed E-state index contributed by atoms with van der Waals surface area (Å²) in [4.78, 5) is 23.7. The van der Waals surface area contributed by atoms with Gasteiger partial charge in [0.05, 0.1) is 6.61 Å². The van der Waals surface area contributed by atoms with Gasteiger partial charge < -0.3 is 9.47 Å². The van der Waals surface area contributed by atoms with E-state index in [1.165, 1.54) is 11.7 Å². The number of esters is 1. The number of benzene rings is 1. The van der Waals surface area contributed by atoms with Gasteiger partial charge in [0.25, 0.3) is 0 Å². The number of nitrogens with zero attached hydrogens (tertiary/aromatic N) is 1. The van der Waals surface area contributed by atoms with Crippen molar-refractivity contribution in [3.8, 4) is 5.75 Å². The fourth-order valence-electron chi connectivity index (χ4n) is 1.73. The van der Waals surface area contributed by atoms with Crippen molar-refractivity contribution >= 4 is 5.97 Å². The normalized spacial score (nSPS) is 10.3. The number of aromatic amines is 1. The van der Waals surface area contributed by atoms with Crippen molar-refractivity contribution < 1.29 is 14.3 Å². The summed E-state index contributed by atoms with van der Waals surface area (Å²) in [6.07, 6.45) is 0. The maximum absolute atomic E-state index is 11.9. The number of nitrogens with one attached hydrogen (secondary N) is 1. The molecule has 0 fully saturated rings. The molecule has 1 aromatic carbocycles. The average molecular weight is 276 g/mol. The lowest BCUT2D eigenvalue weighted by atomic mass is 10.2. The highest BCUT2D eigenvalue weighted by molar-refractivity contribution is 5.90. The minimum absolute atomic E-state index is 0.0187. The smallest absolute Gasteiger partial charge is 0.360 e. The number of aryl methyl sites for hydroxylation is 1. The number of ether oxygens (including phenoxy) is 2. The van der Waals surface area contributed by atoms with Crippen molar-refractivity contribution in [2.75, 3.05) is 6.61 Å². The van der Waals surface area contributed by atoms with E-state index in [0.29, 0.717) is 0 Å². The Morgan fingerprint density at radius 3 is 2.65 bits per heavy atom. The summed E-state index contributed by atoms with van der Waals surface area (Å²) in [5.74, 6) is -0.622. The van der Waals surface area contributed by atoms with Gasteiger partial charge in [0.15, 0.2) is 5.69 Å². The molecule has 1 aromatic heterocycles. The number of hydrogen-bond donors (Lipinski definition) is 1. The molecule has 0 unspecified atom stereocenters. The number of carbonyl (C=O) groups is 1. The van der Waals surface area contributed by atoms with E-state index < -0.39 is 11.5 Å². The highest BCUT2D eigenvalue weighted by Gasteiger charge is 2.21. The van der Waals surface area contributed by atoms with Crippen LogP contribution in [0.25, 0.3) is 0 Å². The lowest BCUT2D eigenvalue weighted by Gasteiger charge is -2.05. The largest absolute Gasteiger partial charge is 0.481 e. The number of hydrogen-bond acceptors (Lipinski definition) is 4. The first-order chi connectivity index (χ1) is 9.63. The zero-order valence-corrected chi connectivity index (χ0v) is 11.4. The predicted octanol–water partition coefficient (Wildman–Crippen LogP) is 1.47. The zero-order chi connectivity index (χ0) is 14.5. The molecule has 0 amide bonds. The molecule has 0 saturated heterocycles. The van der Waals surface area contributed by atoms with Crippen LogP contribution in [0, 0.1) is 0 Å². The Morgan fingerprint density at radius 2 is 2.00 bits per heavy atom. The second-order valence-corrected chi connectivity index (χ2v) is 4.17. The van der Waals surface area contributed by atoms with E-state index >= 15 is 0 Å². The van der Waals surface area contributed by atoms with E-state index in [0.717, 1.165) is 5.56 Å². The van der Waals surface area contributed by atoms with E-state index in [4.69, 9.17) is 9.47 Å². The molecule has 2 rings (SSSR count). The van der Waals surface area contributed by atoms with Gasteiger partial charge >= 0.3 is 11.5 Å². The SMILES string of the molecule is CCOC(=O)c1[nH]n(C)c(=O)c1OCc1ccccc1. The first-order valence-electron chi connectivity index (χ1n) is 6.26. The number of rotatable bonds is 5. The highest BCUT2D eigenvalue weighted by Crippen LogP contribution is 2.14. The van der Waals surface area contributed by atoms with Gasteiger partial charge in [0.2, 0.25) is 5.75 Å². The van der Waals surface area contributed by atoms with Crippen LogP contribution < -0.4 is 10.3 Å². The summed E-state index contributed by atoms with van der Waals surface area (Å²) in [6, 6.07) is 9.39. The molecule has 6 heteroatoms. The lowest BCUT2D eigenvalue weighted by Crippen LogP contribution is -2.14. The van der Waals surface area contributed by atoms with Crippen LogP contribution in [0.5, 0.6) is 5.75 Å². The van der Waals surface area contributed by atoms with Crippen molar-refractivity contribution in [2.45, 2.75) is 13.5 Å². The second-order valence-electron chi connectivity index (χ2n) is 4.17. The summed E-state index contributed by atoms with van der Waals surface area (Å²) in [6.45, 7) is 2.14. The number of aromatic nitrogens is 2. The minimum atomic E-state index is -0.603. The molecular formula is C14H16N2O4. The van der Waals surface area contributed by atoms with Crippen LogP contribution >= 0.6 is 0 Å². The van der Waals surface area contributed by atoms with Crippen LogP contribution in [0.15, 0.2) is 35.1 Å². The van der Waals surface area contributed by atoms with Gasteiger partial charge in [0, 0.05) is 7.05 Å². The predicted molar refractivity (Wildman–Crippen MR) is 72.8 cm³/mol. The molecule has 0 bridgehead atoms. The van der Waals surface area contributed by atoms with E-state index in [-0.39, 0.29) is 24.7 Å². The summed E-state index contributed by atoms with van der Waals surface area (Å²) in [5, 5.41) is 2.64. The van der Waals surface area contributed by atoms with Gasteiger partial charge in [-0.15, -0.1) is 0 Å². The van der Waals surface area contributed by atoms with Crippen molar-refractivity contribution in [1.29, 1.82) is 0 Å². The van der Waals surface area contributed by atoms with Gasteiger partial charge in [-0.1, -0.05) is 30.3 Å². The maximum Gasteiger partial charge on any atom is 0.360 e. The Labute approximate surface area is 115 Å². The molecule has 0 aliphatic rings. The Bertz CT molecular complexity index is 643. The monoisotopic (exact) mass is 276 g/mol. The van der Waals surface area contributed by atoms with Gasteiger partial charge in [-0.25, -0.2) is 4.79 Å². The molecule has 0 aliphatic carbocycles. The van der Waals surface area contributed by atoms with Crippen molar-refractivity contribution in [3.63, 3.8) is 0 Å². The van der Waals surface area contributed by atoms with Crippen molar-refractivity contribution in [3.05, 3.63) is 51.9 Å². The lowest BCUT2D eigenvalue weighted by molar-refractivity contribution is 0.0513. The topological polar surface area (TPSA) is 73.3 Å². The summed E-state index contributed by atoms with van der Waals surface area (Å²) in [7, 11) is 1.51. The zero-order valence-electron chi connectivity index (χ0n) is 11.4. The summed E-state index contributed by atoms with van der Waals surface area (Å²) in [5.41, 5.74) is 0.546. The molecule has 0 aliphatic heterocycles. The van der Waals surface area contributed by atoms with E-state index in [1.807, 2.05) is 30.3 Å². The fraction of sp³-hybridized carbons (Fsp3) is 0.286. The molecule has 0 spiro atoms. The van der Waals surface area contributed by atoms with Gasteiger partial charge in [0.1, 0.15) is 6.61 Å². The first kappa shape index (κ1) is 13.9. The summed E-state index contributed by atoms with van der Waals surface area (Å²) < 4.78 is 11.6. The molecule has 106 valence electrons. The third kappa shape index (κ3) is 2.90. The maximum atomic E-state index is 11.9. The number of carbonyl (C=O) groups excluding carboxylic acids is 1. The van der Waals surface area contributed by atoms with Gasteiger partial charge in [-0.3, -0.25) is 14.6 Å². The van der Waals surface area contributed by atoms with Crippen molar-refractivity contribution in [1.82, 2.24) is 9.78 Å². The fourth-order valence-corrected chi connectivity index (χ4v) is 1.73. The van der Waals surface area contributed by atoms with Crippen LogP contribution in [-0.4, -0.2) is 22.4 Å². The third-order valence-corrected chi connectivity index (χ3v) is 2.71. The molecule has 0 saturated carbocycles. The van der Waals surface area contributed by atoms with Crippen molar-refractivity contribution in [2.24, 2.45) is 7.05 Å². The summed E-state index contributed by atoms with van der Waals surface area (Å²) >= 11 is 0. The Balaban J connectivity index is 2.22. The van der Waals surface area contributed by atoms with Crippen LogP contribution in [0.1, 0.15) is 23.0 Å². The van der Waals surface area contributed by atoms with Gasteiger partial charge in [-0.2, -0.15) is 0 Å². The van der Waals surface area contributed by atoms with E-state index in [1.54, 1.807) is 6.92 Å². The molecular weight excluding hydrogens is 260 g/mol.